The number of hydrogen-bond acceptors (Lipinski definition) is 5. The number of carbonyl (C=O) groups is 2. The van der Waals surface area contributed by atoms with Gasteiger partial charge in [-0.3, -0.25) is 0 Å². The number of nitrogens with zero attached hydrogens (tertiary/aromatic N) is 1. The summed E-state index contributed by atoms with van der Waals surface area (Å²) in [5.74, 6) is -2.51. The van der Waals surface area contributed by atoms with E-state index < -0.39 is 11.9 Å². The number of hydrogen-bond donors (Lipinski definition) is 3. The zero-order valence-electron chi connectivity index (χ0n) is 10.5. The number of amidine groups is 1. The Morgan fingerprint density at radius 1 is 1.20 bits per heavy atom. The zero-order valence-corrected chi connectivity index (χ0v) is 10.5. The number of rotatable bonds is 3. The molecule has 1 aromatic carbocycles. The van der Waals surface area contributed by atoms with Gasteiger partial charge in [-0.1, -0.05) is 30.3 Å². The Morgan fingerprint density at radius 3 is 2.15 bits per heavy atom. The summed E-state index contributed by atoms with van der Waals surface area (Å²) in [6, 6.07) is 10.3. The minimum absolute atomic E-state index is 0.0196. The van der Waals surface area contributed by atoms with Crippen LogP contribution in [0.5, 0.6) is 0 Å². The van der Waals surface area contributed by atoms with Gasteiger partial charge >= 0.3 is 11.9 Å². The lowest BCUT2D eigenvalue weighted by Crippen LogP contribution is -2.12. The predicted molar refractivity (Wildman–Crippen MR) is 71.2 cm³/mol. The number of ether oxygens (including phenoxy) is 1. The summed E-state index contributed by atoms with van der Waals surface area (Å²) in [6.07, 6.45) is 1.14. The smallest absolute Gasteiger partial charge is 0.328 e. The van der Waals surface area contributed by atoms with Gasteiger partial charge in [0.25, 0.3) is 6.02 Å². The van der Waals surface area contributed by atoms with E-state index in [9.17, 15) is 9.59 Å². The average Bonchev–Trinajstić information content (AvgIpc) is 2.85. The van der Waals surface area contributed by atoms with Gasteiger partial charge in [0.2, 0.25) is 0 Å². The van der Waals surface area contributed by atoms with Crippen molar-refractivity contribution in [3.63, 3.8) is 0 Å². The minimum Gasteiger partial charge on any atom is -0.478 e. The average molecular weight is 278 g/mol. The van der Waals surface area contributed by atoms with E-state index in [2.05, 4.69) is 4.99 Å². The van der Waals surface area contributed by atoms with E-state index in [1.807, 2.05) is 30.3 Å². The van der Waals surface area contributed by atoms with Crippen molar-refractivity contribution in [1.82, 2.24) is 0 Å². The molecule has 0 fully saturated rings. The van der Waals surface area contributed by atoms with E-state index >= 15 is 0 Å². The van der Waals surface area contributed by atoms with E-state index in [0.717, 1.165) is 5.56 Å². The Hall–Kier alpha value is -2.83. The van der Waals surface area contributed by atoms with Gasteiger partial charge in [0.1, 0.15) is 6.10 Å². The molecule has 2 rings (SSSR count). The number of aliphatic imine (C=N–C) groups is 1. The zero-order chi connectivity index (χ0) is 15.0. The molecular formula is C13H14N2O5. The molecule has 0 saturated heterocycles. The first-order chi connectivity index (χ1) is 9.49. The maximum Gasteiger partial charge on any atom is 0.328 e. The fourth-order valence-corrected chi connectivity index (χ4v) is 1.38. The molecular weight excluding hydrogens is 264 g/mol. The molecule has 20 heavy (non-hydrogen) atoms. The van der Waals surface area contributed by atoms with E-state index in [1.165, 1.54) is 0 Å². The third-order valence-corrected chi connectivity index (χ3v) is 2.22. The van der Waals surface area contributed by atoms with Gasteiger partial charge in [-0.2, -0.15) is 0 Å². The second-order valence-corrected chi connectivity index (χ2v) is 3.71. The largest absolute Gasteiger partial charge is 0.478 e. The van der Waals surface area contributed by atoms with Gasteiger partial charge in [0.15, 0.2) is 0 Å². The molecule has 1 aliphatic heterocycles. The molecule has 0 radical (unpaired) electrons. The van der Waals surface area contributed by atoms with Gasteiger partial charge in [-0.25, -0.2) is 14.6 Å². The van der Waals surface area contributed by atoms with Crippen LogP contribution >= 0.6 is 0 Å². The highest BCUT2D eigenvalue weighted by atomic mass is 16.5. The van der Waals surface area contributed by atoms with Crippen LogP contribution in [0.1, 0.15) is 11.7 Å². The molecule has 0 amide bonds. The second-order valence-electron chi connectivity index (χ2n) is 3.71. The molecule has 1 aromatic rings. The maximum absolute atomic E-state index is 9.55. The summed E-state index contributed by atoms with van der Waals surface area (Å²) in [7, 11) is 0. The molecule has 7 heteroatoms. The number of carboxylic acids is 2. The lowest BCUT2D eigenvalue weighted by molar-refractivity contribution is -0.134. The Bertz CT molecular complexity index is 509. The Balaban J connectivity index is 0.000000221. The van der Waals surface area contributed by atoms with Crippen molar-refractivity contribution in [2.75, 3.05) is 6.54 Å². The Kier molecular flexibility index (Phi) is 5.76. The van der Waals surface area contributed by atoms with Crippen molar-refractivity contribution in [2.24, 2.45) is 10.7 Å². The van der Waals surface area contributed by atoms with Crippen LogP contribution in [0.15, 0.2) is 47.5 Å². The Morgan fingerprint density at radius 2 is 1.75 bits per heavy atom. The summed E-state index contributed by atoms with van der Waals surface area (Å²) in [5, 5.41) is 15.6. The molecule has 1 aliphatic rings. The lowest BCUT2D eigenvalue weighted by Gasteiger charge is -2.08. The van der Waals surface area contributed by atoms with Crippen LogP contribution in [-0.4, -0.2) is 34.7 Å². The molecule has 106 valence electrons. The SMILES string of the molecule is NC1=NCC(c2ccccc2)O1.O=C(O)/C=C/C(=O)O. The molecule has 1 unspecified atom stereocenters. The van der Waals surface area contributed by atoms with Gasteiger partial charge in [0, 0.05) is 12.2 Å². The standard InChI is InChI=1S/C9H10N2O.C4H4O4/c10-9-11-6-8(12-9)7-4-2-1-3-5-7;5-3(6)1-2-4(7)8/h1-5,8H,6H2,(H2,10,11);1-2H,(H,5,6)(H,7,8)/b;2-1+. The molecule has 0 bridgehead atoms. The van der Waals surface area contributed by atoms with E-state index in [-0.39, 0.29) is 6.10 Å². The first kappa shape index (κ1) is 15.2. The molecule has 7 nitrogen and oxygen atoms in total. The third kappa shape index (κ3) is 5.67. The van der Waals surface area contributed by atoms with Crippen LogP contribution in [0, 0.1) is 0 Å². The molecule has 4 N–H and O–H groups in total. The number of aliphatic carboxylic acids is 2. The fraction of sp³-hybridized carbons (Fsp3) is 0.154. The van der Waals surface area contributed by atoms with Crippen LogP contribution in [0.2, 0.25) is 0 Å². The molecule has 1 heterocycles. The fourth-order valence-electron chi connectivity index (χ4n) is 1.38. The topological polar surface area (TPSA) is 122 Å². The first-order valence-corrected chi connectivity index (χ1v) is 5.64. The molecule has 0 saturated carbocycles. The summed E-state index contributed by atoms with van der Waals surface area (Å²) in [6.45, 7) is 0.635. The van der Waals surface area contributed by atoms with E-state index in [0.29, 0.717) is 24.7 Å². The van der Waals surface area contributed by atoms with Crippen LogP contribution in [0.25, 0.3) is 0 Å². The normalized spacial score (nSPS) is 16.8. The van der Waals surface area contributed by atoms with Crippen molar-refractivity contribution >= 4 is 18.0 Å². The van der Waals surface area contributed by atoms with Crippen molar-refractivity contribution in [1.29, 1.82) is 0 Å². The number of nitrogens with two attached hydrogens (primary N) is 1. The summed E-state index contributed by atoms with van der Waals surface area (Å²) < 4.78 is 5.28. The van der Waals surface area contributed by atoms with E-state index in [1.54, 1.807) is 0 Å². The van der Waals surface area contributed by atoms with Gasteiger partial charge in [-0.05, 0) is 5.56 Å². The molecule has 0 spiro atoms. The van der Waals surface area contributed by atoms with Gasteiger partial charge < -0.3 is 20.7 Å². The molecule has 1 atom stereocenters. The van der Waals surface area contributed by atoms with Crippen LogP contribution in [0.3, 0.4) is 0 Å². The monoisotopic (exact) mass is 278 g/mol. The van der Waals surface area contributed by atoms with Crippen molar-refractivity contribution in [3.05, 3.63) is 48.0 Å². The third-order valence-electron chi connectivity index (χ3n) is 2.22. The highest BCUT2D eigenvalue weighted by molar-refractivity contribution is 5.89. The number of carboxylic acid groups (broad SMARTS) is 2. The van der Waals surface area contributed by atoms with Gasteiger partial charge in [0.05, 0.1) is 6.54 Å². The van der Waals surface area contributed by atoms with Crippen molar-refractivity contribution < 1.29 is 24.5 Å². The van der Waals surface area contributed by atoms with Gasteiger partial charge in [-0.15, -0.1) is 0 Å². The first-order valence-electron chi connectivity index (χ1n) is 5.64. The summed E-state index contributed by atoms with van der Waals surface area (Å²) in [4.78, 5) is 23.1. The van der Waals surface area contributed by atoms with E-state index in [4.69, 9.17) is 20.7 Å². The van der Waals surface area contributed by atoms with Crippen LogP contribution < -0.4 is 5.73 Å². The Labute approximate surface area is 115 Å². The highest BCUT2D eigenvalue weighted by Crippen LogP contribution is 2.20. The predicted octanol–water partition coefficient (Wildman–Crippen LogP) is 0.784. The minimum atomic E-state index is -1.26. The second kappa shape index (κ2) is 7.57. The maximum atomic E-state index is 9.55. The summed E-state index contributed by atoms with van der Waals surface area (Å²) >= 11 is 0. The highest BCUT2D eigenvalue weighted by Gasteiger charge is 2.18. The molecule has 0 aliphatic carbocycles. The van der Waals surface area contributed by atoms with Crippen LogP contribution in [-0.2, 0) is 14.3 Å². The quantitative estimate of drug-likeness (QED) is 0.702. The molecule has 0 aromatic heterocycles. The van der Waals surface area contributed by atoms with Crippen molar-refractivity contribution in [3.8, 4) is 0 Å². The lowest BCUT2D eigenvalue weighted by atomic mass is 10.1. The van der Waals surface area contributed by atoms with Crippen LogP contribution in [0.4, 0.5) is 0 Å². The number of benzene rings is 1. The summed E-state index contributed by atoms with van der Waals surface area (Å²) in [5.41, 5.74) is 6.52. The van der Waals surface area contributed by atoms with Crippen molar-refractivity contribution in [2.45, 2.75) is 6.10 Å².